The van der Waals surface area contributed by atoms with Crippen LogP contribution in [0.4, 0.5) is 0 Å². The maximum atomic E-state index is 10.4. The third kappa shape index (κ3) is 2.67. The molecule has 1 heterocycles. The van der Waals surface area contributed by atoms with Crippen LogP contribution in [0.1, 0.15) is 12.8 Å². The molecule has 1 atom stereocenters. The van der Waals surface area contributed by atoms with E-state index in [1.807, 2.05) is 0 Å². The Balaban J connectivity index is 0.000000810. The molecule has 1 aliphatic heterocycles. The molecular weight excluding hydrogens is 161 g/mol. The maximum absolute atomic E-state index is 10.4. The fourth-order valence-corrected chi connectivity index (χ4v) is 0.791. The third-order valence-electron chi connectivity index (χ3n) is 1.28. The van der Waals surface area contributed by atoms with E-state index < -0.39 is 12.0 Å². The first-order chi connectivity index (χ1) is 4.20. The van der Waals surface area contributed by atoms with Crippen molar-refractivity contribution >= 4 is 11.9 Å². The van der Waals surface area contributed by atoms with E-state index in [4.69, 9.17) is 0 Å². The van der Waals surface area contributed by atoms with Crippen LogP contribution < -0.4 is 61.8 Å². The van der Waals surface area contributed by atoms with Crippen molar-refractivity contribution in [1.29, 1.82) is 0 Å². The number of hydrogen-bond acceptors (Lipinski definition) is 3. The van der Waals surface area contributed by atoms with E-state index in [0.717, 1.165) is 0 Å². The van der Waals surface area contributed by atoms with E-state index in [1.54, 1.807) is 0 Å². The summed E-state index contributed by atoms with van der Waals surface area (Å²) in [7, 11) is 0. The Hall–Kier alpha value is 0.576. The van der Waals surface area contributed by atoms with Crippen molar-refractivity contribution < 1.29 is 66.1 Å². The van der Waals surface area contributed by atoms with Crippen molar-refractivity contribution in [2.45, 2.75) is 18.9 Å². The normalized spacial score (nSPS) is 23.2. The van der Waals surface area contributed by atoms with Crippen LogP contribution in [0.2, 0.25) is 0 Å². The molecule has 0 aliphatic carbocycles. The summed E-state index contributed by atoms with van der Waals surface area (Å²) < 4.78 is 0. The minimum absolute atomic E-state index is 0. The number of carboxylic acid groups (broad SMARTS) is 1. The summed E-state index contributed by atoms with van der Waals surface area (Å²) >= 11 is 0. The molecule has 0 spiro atoms. The molecule has 4 nitrogen and oxygen atoms in total. The van der Waals surface area contributed by atoms with Gasteiger partial charge in [0.15, 0.2) is 0 Å². The maximum Gasteiger partial charge on any atom is 1.00 e. The molecular formula is C5H6KNO3. The molecule has 1 aliphatic rings. The fourth-order valence-electron chi connectivity index (χ4n) is 0.791. The van der Waals surface area contributed by atoms with Gasteiger partial charge in [-0.1, -0.05) is 0 Å². The first-order valence-electron chi connectivity index (χ1n) is 2.70. The van der Waals surface area contributed by atoms with E-state index >= 15 is 0 Å². The van der Waals surface area contributed by atoms with Crippen molar-refractivity contribution in [2.75, 3.05) is 0 Å². The van der Waals surface area contributed by atoms with E-state index in [1.165, 1.54) is 0 Å². The van der Waals surface area contributed by atoms with Gasteiger partial charge in [0.05, 0.1) is 12.0 Å². The molecule has 1 amide bonds. The van der Waals surface area contributed by atoms with Gasteiger partial charge in [-0.05, 0) is 6.42 Å². The minimum Gasteiger partial charge on any atom is -0.548 e. The van der Waals surface area contributed by atoms with Crippen molar-refractivity contribution in [3.05, 3.63) is 0 Å². The first kappa shape index (κ1) is 10.6. The van der Waals surface area contributed by atoms with Crippen molar-refractivity contribution in [3.63, 3.8) is 0 Å². The predicted octanol–water partition coefficient (Wildman–Crippen LogP) is -4.98. The molecule has 1 N–H and O–H groups in total. The summed E-state index contributed by atoms with van der Waals surface area (Å²) in [6.07, 6.45) is 0.666. The second-order valence-electron chi connectivity index (χ2n) is 1.98. The molecule has 10 heavy (non-hydrogen) atoms. The summed E-state index contributed by atoms with van der Waals surface area (Å²) in [5.74, 6) is -1.40. The van der Waals surface area contributed by atoms with Gasteiger partial charge in [-0.3, -0.25) is 4.79 Å². The predicted molar refractivity (Wildman–Crippen MR) is 26.2 cm³/mol. The molecule has 1 rings (SSSR count). The first-order valence-corrected chi connectivity index (χ1v) is 2.70. The van der Waals surface area contributed by atoms with E-state index in [2.05, 4.69) is 5.32 Å². The summed E-state index contributed by atoms with van der Waals surface area (Å²) in [4.78, 5) is 20.4. The van der Waals surface area contributed by atoms with E-state index in [0.29, 0.717) is 12.8 Å². The summed E-state index contributed by atoms with van der Waals surface area (Å²) in [5, 5.41) is 12.3. The van der Waals surface area contributed by atoms with Gasteiger partial charge in [-0.25, -0.2) is 0 Å². The van der Waals surface area contributed by atoms with Crippen molar-refractivity contribution in [3.8, 4) is 0 Å². The monoisotopic (exact) mass is 167 g/mol. The number of carboxylic acids is 1. The van der Waals surface area contributed by atoms with Gasteiger partial charge in [0.1, 0.15) is 0 Å². The Morgan fingerprint density at radius 2 is 2.30 bits per heavy atom. The number of hydrogen-bond donors (Lipinski definition) is 1. The average molecular weight is 167 g/mol. The second kappa shape index (κ2) is 4.45. The molecule has 0 radical (unpaired) electrons. The number of aliphatic carboxylic acids is 1. The van der Waals surface area contributed by atoms with Crippen LogP contribution in [0.15, 0.2) is 0 Å². The molecule has 0 bridgehead atoms. The number of nitrogens with one attached hydrogen (secondary N) is 1. The molecule has 0 saturated carbocycles. The Labute approximate surface area is 101 Å². The summed E-state index contributed by atoms with van der Waals surface area (Å²) in [5.41, 5.74) is 0. The molecule has 1 fully saturated rings. The zero-order valence-corrected chi connectivity index (χ0v) is 8.84. The van der Waals surface area contributed by atoms with Gasteiger partial charge in [0.25, 0.3) is 0 Å². The van der Waals surface area contributed by atoms with Crippen molar-refractivity contribution in [1.82, 2.24) is 5.32 Å². The Morgan fingerprint density at radius 3 is 2.50 bits per heavy atom. The number of carbonyl (C=O) groups excluding carboxylic acids is 2. The SMILES string of the molecule is O=C1CCC(C(=O)[O-])N1.[K+]. The van der Waals surface area contributed by atoms with Crippen LogP contribution in [0.3, 0.4) is 0 Å². The van der Waals surface area contributed by atoms with E-state index in [9.17, 15) is 14.7 Å². The molecule has 1 saturated heterocycles. The summed E-state index contributed by atoms with van der Waals surface area (Å²) in [6.45, 7) is 0. The molecule has 0 aromatic carbocycles. The molecule has 1 unspecified atom stereocenters. The molecule has 5 heteroatoms. The molecule has 50 valence electrons. The van der Waals surface area contributed by atoms with Crippen LogP contribution in [-0.4, -0.2) is 17.9 Å². The van der Waals surface area contributed by atoms with Crippen LogP contribution in [0.5, 0.6) is 0 Å². The largest absolute Gasteiger partial charge is 1.00 e. The quantitative estimate of drug-likeness (QED) is 0.398. The molecule has 0 aromatic heterocycles. The van der Waals surface area contributed by atoms with Gasteiger partial charge in [-0.2, -0.15) is 0 Å². The van der Waals surface area contributed by atoms with Gasteiger partial charge in [0.2, 0.25) is 5.91 Å². The average Bonchev–Trinajstić information content (AvgIpc) is 2.14. The smallest absolute Gasteiger partial charge is 0.548 e. The molecule has 0 aromatic rings. The topological polar surface area (TPSA) is 69.2 Å². The van der Waals surface area contributed by atoms with Gasteiger partial charge in [-0.15, -0.1) is 0 Å². The van der Waals surface area contributed by atoms with Crippen LogP contribution in [-0.2, 0) is 9.59 Å². The summed E-state index contributed by atoms with van der Waals surface area (Å²) in [6, 6.07) is -0.752. The standard InChI is InChI=1S/C5H7NO3.K/c7-4-2-1-3(6-4)5(8)9;/h3H,1-2H2,(H,6,7)(H,8,9);/q;+1/p-1. The van der Waals surface area contributed by atoms with Crippen LogP contribution in [0, 0.1) is 0 Å². The Kier molecular flexibility index (Phi) is 4.71. The van der Waals surface area contributed by atoms with Gasteiger partial charge < -0.3 is 15.2 Å². The zero-order chi connectivity index (χ0) is 6.85. The number of carbonyl (C=O) groups is 2. The van der Waals surface area contributed by atoms with Crippen LogP contribution in [0.25, 0.3) is 0 Å². The second-order valence-corrected chi connectivity index (χ2v) is 1.98. The minimum atomic E-state index is -1.19. The van der Waals surface area contributed by atoms with Gasteiger partial charge >= 0.3 is 51.4 Å². The fraction of sp³-hybridized carbons (Fsp3) is 0.600. The van der Waals surface area contributed by atoms with Crippen LogP contribution >= 0.6 is 0 Å². The van der Waals surface area contributed by atoms with Crippen molar-refractivity contribution in [2.24, 2.45) is 0 Å². The Morgan fingerprint density at radius 1 is 1.70 bits per heavy atom. The third-order valence-corrected chi connectivity index (χ3v) is 1.28. The number of amides is 1. The number of rotatable bonds is 1. The van der Waals surface area contributed by atoms with Gasteiger partial charge in [0, 0.05) is 6.42 Å². The van der Waals surface area contributed by atoms with E-state index in [-0.39, 0.29) is 57.3 Å². The Bertz CT molecular complexity index is 159. The zero-order valence-electron chi connectivity index (χ0n) is 5.72.